The first-order chi connectivity index (χ1) is 12.7. The number of rotatable bonds is 6. The van der Waals surface area contributed by atoms with Crippen molar-refractivity contribution in [3.8, 4) is 0 Å². The van der Waals surface area contributed by atoms with Gasteiger partial charge >= 0.3 is 0 Å². The van der Waals surface area contributed by atoms with E-state index in [9.17, 15) is 0 Å². The highest BCUT2D eigenvalue weighted by Gasteiger charge is 2.18. The van der Waals surface area contributed by atoms with E-state index < -0.39 is 0 Å². The zero-order valence-electron chi connectivity index (χ0n) is 15.4. The smallest absolute Gasteiger partial charge is 0.133 e. The van der Waals surface area contributed by atoms with Crippen LogP contribution in [-0.4, -0.2) is 11.7 Å². The lowest BCUT2D eigenvalue weighted by atomic mass is 10.1. The fourth-order valence-corrected chi connectivity index (χ4v) is 3.52. The van der Waals surface area contributed by atoms with E-state index in [2.05, 4.69) is 70.8 Å². The highest BCUT2D eigenvalue weighted by molar-refractivity contribution is 5.58. The third kappa shape index (κ3) is 3.65. The Morgan fingerprint density at radius 1 is 1.12 bits per heavy atom. The standard InChI is InChI=1S/C22H25N3O/c1-16-13-21(24-26-16)17(2)23-14-18-7-9-19(10-8-18)15-25-12-11-20-5-3-4-6-22(20)25/h3-10,13,17,23H,11-12,14-15H2,1-2H3. The molecule has 0 saturated carbocycles. The summed E-state index contributed by atoms with van der Waals surface area (Å²) in [7, 11) is 0. The van der Waals surface area contributed by atoms with Crippen LogP contribution in [0.1, 0.15) is 41.1 Å². The SMILES string of the molecule is Cc1cc(C(C)NCc2ccc(CN3CCc4ccccc43)cc2)no1. The highest BCUT2D eigenvalue weighted by Crippen LogP contribution is 2.28. The predicted octanol–water partition coefficient (Wildman–Crippen LogP) is 4.40. The Kier molecular flexibility index (Phi) is 4.76. The molecule has 0 saturated heterocycles. The van der Waals surface area contributed by atoms with Crippen LogP contribution in [0.15, 0.2) is 59.1 Å². The van der Waals surface area contributed by atoms with Crippen LogP contribution < -0.4 is 10.2 Å². The molecule has 1 atom stereocenters. The summed E-state index contributed by atoms with van der Waals surface area (Å²) in [5.74, 6) is 0.849. The van der Waals surface area contributed by atoms with Gasteiger partial charge in [-0.1, -0.05) is 47.6 Å². The van der Waals surface area contributed by atoms with Crippen molar-refractivity contribution in [3.05, 3.63) is 82.7 Å². The molecule has 134 valence electrons. The summed E-state index contributed by atoms with van der Waals surface area (Å²) < 4.78 is 5.15. The van der Waals surface area contributed by atoms with Crippen molar-refractivity contribution >= 4 is 5.69 Å². The molecule has 2 heterocycles. The summed E-state index contributed by atoms with van der Waals surface area (Å²) in [6.07, 6.45) is 1.15. The summed E-state index contributed by atoms with van der Waals surface area (Å²) in [4.78, 5) is 2.47. The van der Waals surface area contributed by atoms with E-state index in [-0.39, 0.29) is 6.04 Å². The first-order valence-corrected chi connectivity index (χ1v) is 9.26. The second kappa shape index (κ2) is 7.34. The largest absolute Gasteiger partial charge is 0.367 e. The highest BCUT2D eigenvalue weighted by atomic mass is 16.5. The topological polar surface area (TPSA) is 41.3 Å². The number of anilines is 1. The fourth-order valence-electron chi connectivity index (χ4n) is 3.52. The van der Waals surface area contributed by atoms with Gasteiger partial charge in [0.1, 0.15) is 11.5 Å². The summed E-state index contributed by atoms with van der Waals surface area (Å²) in [6, 6.07) is 19.8. The number of hydrogen-bond acceptors (Lipinski definition) is 4. The molecule has 4 heteroatoms. The average molecular weight is 347 g/mol. The molecule has 26 heavy (non-hydrogen) atoms. The van der Waals surface area contributed by atoms with Crippen molar-refractivity contribution in [1.82, 2.24) is 10.5 Å². The van der Waals surface area contributed by atoms with Gasteiger partial charge in [-0.15, -0.1) is 0 Å². The van der Waals surface area contributed by atoms with Gasteiger partial charge in [0.05, 0.1) is 6.04 Å². The molecule has 1 N–H and O–H groups in total. The van der Waals surface area contributed by atoms with Crippen LogP contribution in [0, 0.1) is 6.92 Å². The van der Waals surface area contributed by atoms with Gasteiger partial charge in [0.2, 0.25) is 0 Å². The molecular formula is C22H25N3O. The van der Waals surface area contributed by atoms with E-state index >= 15 is 0 Å². The fraction of sp³-hybridized carbons (Fsp3) is 0.318. The second-order valence-electron chi connectivity index (χ2n) is 7.08. The Morgan fingerprint density at radius 2 is 1.88 bits per heavy atom. The molecule has 1 aromatic heterocycles. The number of aromatic nitrogens is 1. The Bertz CT molecular complexity index is 869. The molecular weight excluding hydrogens is 322 g/mol. The van der Waals surface area contributed by atoms with Crippen LogP contribution in [0.3, 0.4) is 0 Å². The third-order valence-electron chi connectivity index (χ3n) is 5.08. The molecule has 1 aliphatic heterocycles. The maximum atomic E-state index is 5.15. The summed E-state index contributed by atoms with van der Waals surface area (Å²) in [5.41, 5.74) is 6.43. The summed E-state index contributed by atoms with van der Waals surface area (Å²) in [5, 5.41) is 7.58. The molecule has 0 radical (unpaired) electrons. The molecule has 4 rings (SSSR count). The van der Waals surface area contributed by atoms with Gasteiger partial charge in [-0.2, -0.15) is 0 Å². The first-order valence-electron chi connectivity index (χ1n) is 9.26. The maximum absolute atomic E-state index is 5.15. The predicted molar refractivity (Wildman–Crippen MR) is 104 cm³/mol. The average Bonchev–Trinajstić information content (AvgIpc) is 3.28. The van der Waals surface area contributed by atoms with Crippen molar-refractivity contribution < 1.29 is 4.52 Å². The van der Waals surface area contributed by atoms with E-state index in [1.807, 2.05) is 13.0 Å². The summed E-state index contributed by atoms with van der Waals surface area (Å²) >= 11 is 0. The van der Waals surface area contributed by atoms with E-state index in [0.29, 0.717) is 0 Å². The van der Waals surface area contributed by atoms with Gasteiger partial charge in [-0.25, -0.2) is 0 Å². The molecule has 4 nitrogen and oxygen atoms in total. The van der Waals surface area contributed by atoms with Gasteiger partial charge in [0.25, 0.3) is 0 Å². The van der Waals surface area contributed by atoms with E-state index in [0.717, 1.165) is 37.5 Å². The van der Waals surface area contributed by atoms with Crippen molar-refractivity contribution in [1.29, 1.82) is 0 Å². The molecule has 1 unspecified atom stereocenters. The molecule has 0 spiro atoms. The lowest BCUT2D eigenvalue weighted by molar-refractivity contribution is 0.380. The molecule has 1 aliphatic rings. The Morgan fingerprint density at radius 3 is 2.65 bits per heavy atom. The van der Waals surface area contributed by atoms with Crippen LogP contribution in [0.4, 0.5) is 5.69 Å². The van der Waals surface area contributed by atoms with Gasteiger partial charge in [-0.05, 0) is 43.0 Å². The molecule has 0 fully saturated rings. The number of nitrogens with one attached hydrogen (secondary N) is 1. The Labute approximate surface area is 154 Å². The normalized spacial score (nSPS) is 14.5. The first kappa shape index (κ1) is 16.9. The van der Waals surface area contributed by atoms with Crippen molar-refractivity contribution in [2.24, 2.45) is 0 Å². The molecule has 2 aromatic carbocycles. The second-order valence-corrected chi connectivity index (χ2v) is 7.08. The monoisotopic (exact) mass is 347 g/mol. The number of aryl methyl sites for hydroxylation is 1. The van der Waals surface area contributed by atoms with Gasteiger partial charge in [0, 0.05) is 31.4 Å². The number of fused-ring (bicyclic) bond motifs is 1. The lowest BCUT2D eigenvalue weighted by Gasteiger charge is -2.19. The van der Waals surface area contributed by atoms with Crippen molar-refractivity contribution in [2.45, 2.75) is 39.4 Å². The maximum Gasteiger partial charge on any atom is 0.133 e. The minimum Gasteiger partial charge on any atom is -0.367 e. The van der Waals surface area contributed by atoms with Crippen molar-refractivity contribution in [3.63, 3.8) is 0 Å². The third-order valence-corrected chi connectivity index (χ3v) is 5.08. The van der Waals surface area contributed by atoms with E-state index in [4.69, 9.17) is 4.52 Å². The minimum atomic E-state index is 0.174. The quantitative estimate of drug-likeness (QED) is 0.718. The van der Waals surface area contributed by atoms with E-state index in [1.54, 1.807) is 0 Å². The Balaban J connectivity index is 1.34. The molecule has 0 amide bonds. The molecule has 3 aromatic rings. The summed E-state index contributed by atoms with van der Waals surface area (Å²) in [6.45, 7) is 6.92. The number of para-hydroxylation sites is 1. The van der Waals surface area contributed by atoms with Gasteiger partial charge < -0.3 is 14.7 Å². The number of hydrogen-bond donors (Lipinski definition) is 1. The number of benzene rings is 2. The van der Waals surface area contributed by atoms with Crippen LogP contribution in [0.25, 0.3) is 0 Å². The zero-order valence-corrected chi connectivity index (χ0v) is 15.4. The van der Waals surface area contributed by atoms with Crippen LogP contribution >= 0.6 is 0 Å². The van der Waals surface area contributed by atoms with E-state index in [1.165, 1.54) is 22.4 Å². The lowest BCUT2D eigenvalue weighted by Crippen LogP contribution is -2.20. The molecule has 0 bridgehead atoms. The number of nitrogens with zero attached hydrogens (tertiary/aromatic N) is 2. The van der Waals surface area contributed by atoms with Crippen LogP contribution in [-0.2, 0) is 19.5 Å². The zero-order chi connectivity index (χ0) is 17.9. The minimum absolute atomic E-state index is 0.174. The van der Waals surface area contributed by atoms with Crippen LogP contribution in [0.5, 0.6) is 0 Å². The molecule has 0 aliphatic carbocycles. The van der Waals surface area contributed by atoms with Crippen molar-refractivity contribution in [2.75, 3.05) is 11.4 Å². The Hall–Kier alpha value is -2.59. The van der Waals surface area contributed by atoms with Gasteiger partial charge in [0.15, 0.2) is 0 Å². The van der Waals surface area contributed by atoms with Crippen LogP contribution in [0.2, 0.25) is 0 Å². The van der Waals surface area contributed by atoms with Gasteiger partial charge in [-0.3, -0.25) is 0 Å².